The van der Waals surface area contributed by atoms with Crippen LogP contribution in [0.5, 0.6) is 5.75 Å². The van der Waals surface area contributed by atoms with Crippen molar-refractivity contribution in [2.45, 2.75) is 18.3 Å². The van der Waals surface area contributed by atoms with Crippen LogP contribution in [-0.4, -0.2) is 19.7 Å². The second-order valence-corrected chi connectivity index (χ2v) is 5.82. The average Bonchev–Trinajstić information content (AvgIpc) is 3.35. The number of ether oxygens (including phenoxy) is 1. The molecule has 0 aromatic heterocycles. The number of amides is 2. The average molecular weight is 314 g/mol. The molecule has 0 unspecified atom stereocenters. The van der Waals surface area contributed by atoms with Crippen molar-refractivity contribution in [3.63, 3.8) is 0 Å². The molecule has 120 valence electrons. The molecule has 1 saturated carbocycles. The lowest BCUT2D eigenvalue weighted by Gasteiger charge is -2.17. The maximum absolute atomic E-state index is 13.0. The van der Waals surface area contributed by atoms with Crippen molar-refractivity contribution in [1.82, 2.24) is 5.32 Å². The Morgan fingerprint density at radius 1 is 1.13 bits per heavy atom. The van der Waals surface area contributed by atoms with Crippen molar-refractivity contribution < 1.29 is 13.9 Å². The van der Waals surface area contributed by atoms with Gasteiger partial charge in [0.2, 0.25) is 0 Å². The number of halogens is 1. The molecular weight excluding hydrogens is 295 g/mol. The molecule has 0 radical (unpaired) electrons. The minimum atomic E-state index is -0.247. The highest BCUT2D eigenvalue weighted by molar-refractivity contribution is 5.89. The van der Waals surface area contributed by atoms with Crippen LogP contribution in [0, 0.1) is 5.82 Å². The summed E-state index contributed by atoms with van der Waals surface area (Å²) in [6.45, 7) is 0.542. The van der Waals surface area contributed by atoms with Gasteiger partial charge in [0, 0.05) is 17.6 Å². The van der Waals surface area contributed by atoms with Crippen LogP contribution >= 0.6 is 0 Å². The van der Waals surface area contributed by atoms with Crippen LogP contribution in [-0.2, 0) is 5.41 Å². The molecule has 23 heavy (non-hydrogen) atoms. The fourth-order valence-corrected chi connectivity index (χ4v) is 2.62. The molecule has 0 spiro atoms. The van der Waals surface area contributed by atoms with Gasteiger partial charge in [-0.2, -0.15) is 0 Å². The molecule has 1 aliphatic carbocycles. The van der Waals surface area contributed by atoms with Crippen molar-refractivity contribution >= 4 is 11.7 Å². The molecule has 1 aliphatic rings. The Kier molecular flexibility index (Phi) is 4.19. The highest BCUT2D eigenvalue weighted by Gasteiger charge is 2.44. The second kappa shape index (κ2) is 6.28. The monoisotopic (exact) mass is 314 g/mol. The van der Waals surface area contributed by atoms with Gasteiger partial charge in [-0.05, 0) is 54.8 Å². The first-order chi connectivity index (χ1) is 11.1. The highest BCUT2D eigenvalue weighted by atomic mass is 19.1. The van der Waals surface area contributed by atoms with Gasteiger partial charge in [0.15, 0.2) is 0 Å². The van der Waals surface area contributed by atoms with E-state index in [4.69, 9.17) is 4.74 Å². The normalized spacial score (nSPS) is 14.9. The van der Waals surface area contributed by atoms with Crippen molar-refractivity contribution in [1.29, 1.82) is 0 Å². The lowest BCUT2D eigenvalue weighted by atomic mass is 9.96. The Balaban J connectivity index is 1.55. The maximum atomic E-state index is 13.0. The van der Waals surface area contributed by atoms with Gasteiger partial charge in [-0.15, -0.1) is 0 Å². The summed E-state index contributed by atoms with van der Waals surface area (Å²) in [5.74, 6) is 0.499. The Morgan fingerprint density at radius 3 is 2.35 bits per heavy atom. The number of methoxy groups -OCH3 is 1. The van der Waals surface area contributed by atoms with Crippen molar-refractivity contribution in [3.8, 4) is 5.75 Å². The number of rotatable bonds is 5. The molecule has 3 rings (SSSR count). The van der Waals surface area contributed by atoms with Crippen LogP contribution < -0.4 is 15.4 Å². The number of carbonyl (C=O) groups is 1. The molecule has 0 aliphatic heterocycles. The van der Waals surface area contributed by atoms with E-state index in [1.54, 1.807) is 43.5 Å². The van der Waals surface area contributed by atoms with Crippen LogP contribution in [0.2, 0.25) is 0 Å². The summed E-state index contributed by atoms with van der Waals surface area (Å²) in [7, 11) is 1.60. The van der Waals surface area contributed by atoms with E-state index in [1.807, 2.05) is 0 Å². The van der Waals surface area contributed by atoms with E-state index in [0.717, 1.165) is 24.2 Å². The standard InChI is InChI=1S/C18H19FN2O2/c1-23-16-8-6-15(7-9-16)21-17(22)20-12-18(10-11-18)13-2-4-14(19)5-3-13/h2-9H,10-12H2,1H3,(H2,20,21,22). The Morgan fingerprint density at radius 2 is 1.78 bits per heavy atom. The molecule has 5 heteroatoms. The first kappa shape index (κ1) is 15.3. The molecule has 1 fully saturated rings. The summed E-state index contributed by atoms with van der Waals surface area (Å²) >= 11 is 0. The van der Waals surface area contributed by atoms with Crippen LogP contribution in [0.4, 0.5) is 14.9 Å². The first-order valence-corrected chi connectivity index (χ1v) is 7.56. The number of hydrogen-bond donors (Lipinski definition) is 2. The Labute approximate surface area is 134 Å². The zero-order chi connectivity index (χ0) is 16.3. The first-order valence-electron chi connectivity index (χ1n) is 7.56. The molecule has 2 N–H and O–H groups in total. The lowest BCUT2D eigenvalue weighted by molar-refractivity contribution is 0.251. The molecule has 4 nitrogen and oxygen atoms in total. The van der Waals surface area contributed by atoms with Gasteiger partial charge in [-0.25, -0.2) is 9.18 Å². The largest absolute Gasteiger partial charge is 0.497 e. The lowest BCUT2D eigenvalue weighted by Crippen LogP contribution is -2.35. The Bertz CT molecular complexity index is 679. The fraction of sp³-hybridized carbons (Fsp3) is 0.278. The van der Waals surface area contributed by atoms with Crippen LogP contribution in [0.3, 0.4) is 0 Å². The van der Waals surface area contributed by atoms with Gasteiger partial charge < -0.3 is 15.4 Å². The third kappa shape index (κ3) is 3.62. The molecule has 2 aromatic rings. The van der Waals surface area contributed by atoms with Crippen molar-refractivity contribution in [2.75, 3.05) is 19.0 Å². The molecule has 0 saturated heterocycles. The van der Waals surface area contributed by atoms with Gasteiger partial charge in [0.25, 0.3) is 0 Å². The van der Waals surface area contributed by atoms with E-state index in [1.165, 1.54) is 12.1 Å². The van der Waals surface area contributed by atoms with Gasteiger partial charge in [-0.1, -0.05) is 12.1 Å². The smallest absolute Gasteiger partial charge is 0.319 e. The summed E-state index contributed by atoms with van der Waals surface area (Å²) in [5, 5.41) is 5.69. The van der Waals surface area contributed by atoms with Crippen LogP contribution in [0.25, 0.3) is 0 Å². The third-order valence-electron chi connectivity index (χ3n) is 4.25. The SMILES string of the molecule is COc1ccc(NC(=O)NCC2(c3ccc(F)cc3)CC2)cc1. The van der Waals surface area contributed by atoms with E-state index in [0.29, 0.717) is 12.2 Å². The van der Waals surface area contributed by atoms with Crippen molar-refractivity contribution in [3.05, 3.63) is 59.9 Å². The number of anilines is 1. The topological polar surface area (TPSA) is 50.4 Å². The second-order valence-electron chi connectivity index (χ2n) is 5.82. The molecule has 0 atom stereocenters. The zero-order valence-electron chi connectivity index (χ0n) is 12.9. The summed E-state index contributed by atoms with van der Waals surface area (Å²) in [4.78, 5) is 12.0. The van der Waals surface area contributed by atoms with E-state index in [-0.39, 0.29) is 17.3 Å². The minimum absolute atomic E-state index is 0.0506. The van der Waals surface area contributed by atoms with E-state index in [2.05, 4.69) is 10.6 Å². The highest BCUT2D eigenvalue weighted by Crippen LogP contribution is 2.47. The number of carbonyl (C=O) groups excluding carboxylic acids is 1. The third-order valence-corrected chi connectivity index (χ3v) is 4.25. The predicted molar refractivity (Wildman–Crippen MR) is 87.3 cm³/mol. The number of urea groups is 1. The number of nitrogens with one attached hydrogen (secondary N) is 2. The van der Waals surface area contributed by atoms with Crippen LogP contribution in [0.15, 0.2) is 48.5 Å². The summed E-state index contributed by atoms with van der Waals surface area (Å²) in [6.07, 6.45) is 2.00. The predicted octanol–water partition coefficient (Wildman–Crippen LogP) is 3.69. The van der Waals surface area contributed by atoms with Gasteiger partial charge >= 0.3 is 6.03 Å². The number of hydrogen-bond acceptors (Lipinski definition) is 2. The molecule has 0 heterocycles. The number of benzene rings is 2. The van der Waals surface area contributed by atoms with Gasteiger partial charge in [-0.3, -0.25) is 0 Å². The summed E-state index contributed by atoms with van der Waals surface area (Å²) in [6, 6.07) is 13.4. The quantitative estimate of drug-likeness (QED) is 0.884. The van der Waals surface area contributed by atoms with Crippen LogP contribution in [0.1, 0.15) is 18.4 Å². The maximum Gasteiger partial charge on any atom is 0.319 e. The molecule has 2 aromatic carbocycles. The summed E-state index contributed by atoms with van der Waals surface area (Å²) < 4.78 is 18.1. The van der Waals surface area contributed by atoms with E-state index >= 15 is 0 Å². The van der Waals surface area contributed by atoms with Crippen molar-refractivity contribution in [2.24, 2.45) is 0 Å². The van der Waals surface area contributed by atoms with E-state index in [9.17, 15) is 9.18 Å². The molecule has 0 bridgehead atoms. The van der Waals surface area contributed by atoms with E-state index < -0.39 is 0 Å². The zero-order valence-corrected chi connectivity index (χ0v) is 12.9. The summed E-state index contributed by atoms with van der Waals surface area (Å²) in [5.41, 5.74) is 1.73. The fourth-order valence-electron chi connectivity index (χ4n) is 2.62. The Hall–Kier alpha value is -2.56. The molecular formula is C18H19FN2O2. The van der Waals surface area contributed by atoms with Gasteiger partial charge in [0.05, 0.1) is 7.11 Å². The molecule has 2 amide bonds. The minimum Gasteiger partial charge on any atom is -0.497 e. The van der Waals surface area contributed by atoms with Gasteiger partial charge in [0.1, 0.15) is 11.6 Å².